The Labute approximate surface area is 106 Å². The number of halogens is 1. The first-order valence-electron chi connectivity index (χ1n) is 5.41. The summed E-state index contributed by atoms with van der Waals surface area (Å²) in [6, 6.07) is 10.9. The van der Waals surface area contributed by atoms with Gasteiger partial charge in [0.25, 0.3) is 0 Å². The predicted molar refractivity (Wildman–Crippen MR) is 65.7 cm³/mol. The molecule has 0 aromatic heterocycles. The lowest BCUT2D eigenvalue weighted by Gasteiger charge is -2.23. The van der Waals surface area contributed by atoms with Crippen molar-refractivity contribution in [2.75, 3.05) is 12.5 Å². The Morgan fingerprint density at radius 1 is 1.47 bits per heavy atom. The van der Waals surface area contributed by atoms with Crippen LogP contribution < -0.4 is 0 Å². The molecule has 0 bridgehead atoms. The van der Waals surface area contributed by atoms with Crippen molar-refractivity contribution in [1.82, 2.24) is 0 Å². The van der Waals surface area contributed by atoms with Crippen LogP contribution in [0.2, 0.25) is 0 Å². The molecule has 0 aliphatic heterocycles. The first-order chi connectivity index (χ1) is 8.21. The van der Waals surface area contributed by atoms with Crippen LogP contribution in [0.5, 0.6) is 0 Å². The van der Waals surface area contributed by atoms with Gasteiger partial charge in [-0.3, -0.25) is 0 Å². The fourth-order valence-corrected chi connectivity index (χ4v) is 1.93. The number of nitriles is 1. The Hall–Kier alpha value is -1.53. The summed E-state index contributed by atoms with van der Waals surface area (Å²) in [5, 5.41) is 9.35. The Morgan fingerprint density at radius 3 is 2.59 bits per heavy atom. The molecule has 1 atom stereocenters. The van der Waals surface area contributed by atoms with Crippen molar-refractivity contribution < 1.29 is 9.53 Å². The van der Waals surface area contributed by atoms with E-state index in [1.165, 1.54) is 0 Å². The molecule has 0 aliphatic carbocycles. The maximum Gasteiger partial charge on any atom is 0.331 e. The van der Waals surface area contributed by atoms with Gasteiger partial charge in [-0.2, -0.15) is 5.26 Å². The Balaban J connectivity index is 3.19. The highest BCUT2D eigenvalue weighted by Crippen LogP contribution is 2.29. The van der Waals surface area contributed by atoms with Gasteiger partial charge in [0.05, 0.1) is 12.7 Å². The van der Waals surface area contributed by atoms with E-state index in [0.717, 1.165) is 0 Å². The number of rotatable bonds is 5. The molecule has 3 nitrogen and oxygen atoms in total. The Bertz CT molecular complexity index is 413. The summed E-state index contributed by atoms with van der Waals surface area (Å²) in [5.41, 5.74) is -0.666. The highest BCUT2D eigenvalue weighted by Gasteiger charge is 2.41. The number of hydrogen-bond acceptors (Lipinski definition) is 3. The van der Waals surface area contributed by atoms with Crippen LogP contribution in [-0.2, 0) is 14.9 Å². The average molecular weight is 252 g/mol. The molecule has 0 aliphatic rings. The fourth-order valence-electron chi connectivity index (χ4n) is 1.65. The molecule has 0 amide bonds. The van der Waals surface area contributed by atoms with Gasteiger partial charge in [0.15, 0.2) is 5.41 Å². The van der Waals surface area contributed by atoms with Crippen LogP contribution in [0, 0.1) is 11.3 Å². The monoisotopic (exact) mass is 251 g/mol. The van der Waals surface area contributed by atoms with Crippen LogP contribution in [0.3, 0.4) is 0 Å². The highest BCUT2D eigenvalue weighted by molar-refractivity contribution is 6.18. The zero-order chi connectivity index (χ0) is 12.7. The summed E-state index contributed by atoms with van der Waals surface area (Å²) in [7, 11) is 0. The van der Waals surface area contributed by atoms with Crippen molar-refractivity contribution in [2.24, 2.45) is 0 Å². The van der Waals surface area contributed by atoms with Gasteiger partial charge in [-0.1, -0.05) is 30.3 Å². The molecule has 0 radical (unpaired) electrons. The molecular formula is C13H14ClNO2. The number of alkyl halides is 1. The molecule has 90 valence electrons. The van der Waals surface area contributed by atoms with E-state index in [9.17, 15) is 10.1 Å². The second-order valence-electron chi connectivity index (χ2n) is 3.54. The van der Waals surface area contributed by atoms with Gasteiger partial charge in [-0.15, -0.1) is 11.6 Å². The lowest BCUT2D eigenvalue weighted by atomic mass is 9.79. The third-order valence-electron chi connectivity index (χ3n) is 2.55. The van der Waals surface area contributed by atoms with Gasteiger partial charge in [-0.25, -0.2) is 4.79 Å². The minimum absolute atomic E-state index is 0.223. The third kappa shape index (κ3) is 2.78. The van der Waals surface area contributed by atoms with E-state index in [1.807, 2.05) is 6.07 Å². The average Bonchev–Trinajstić information content (AvgIpc) is 2.37. The van der Waals surface area contributed by atoms with Gasteiger partial charge < -0.3 is 4.74 Å². The quantitative estimate of drug-likeness (QED) is 0.597. The molecule has 0 heterocycles. The number of benzene rings is 1. The highest BCUT2D eigenvalue weighted by atomic mass is 35.5. The van der Waals surface area contributed by atoms with Crippen LogP contribution >= 0.6 is 11.6 Å². The van der Waals surface area contributed by atoms with Gasteiger partial charge in [0, 0.05) is 5.88 Å². The van der Waals surface area contributed by atoms with Crippen LogP contribution in [-0.4, -0.2) is 18.5 Å². The van der Waals surface area contributed by atoms with Crippen LogP contribution in [0.1, 0.15) is 18.9 Å². The molecule has 0 saturated heterocycles. The number of carbonyl (C=O) groups is 1. The number of nitrogens with zero attached hydrogens (tertiary/aromatic N) is 1. The minimum atomic E-state index is -1.29. The second-order valence-corrected chi connectivity index (χ2v) is 3.92. The lowest BCUT2D eigenvalue weighted by molar-refractivity contribution is -0.148. The minimum Gasteiger partial charge on any atom is -0.465 e. The van der Waals surface area contributed by atoms with Crippen LogP contribution in [0.4, 0.5) is 0 Å². The van der Waals surface area contributed by atoms with Crippen molar-refractivity contribution in [1.29, 1.82) is 5.26 Å². The maximum absolute atomic E-state index is 12.0. The predicted octanol–water partition coefficient (Wildman–Crippen LogP) is 2.64. The Kier molecular flexibility index (Phi) is 4.99. The van der Waals surface area contributed by atoms with Gasteiger partial charge >= 0.3 is 5.97 Å². The molecule has 17 heavy (non-hydrogen) atoms. The summed E-state index contributed by atoms with van der Waals surface area (Å²) in [4.78, 5) is 12.0. The van der Waals surface area contributed by atoms with E-state index in [4.69, 9.17) is 16.3 Å². The SMILES string of the molecule is CCOC(=O)[C@](C#N)(CCCl)c1ccccc1. The molecule has 0 fully saturated rings. The number of hydrogen-bond donors (Lipinski definition) is 0. The van der Waals surface area contributed by atoms with E-state index in [1.54, 1.807) is 31.2 Å². The largest absolute Gasteiger partial charge is 0.465 e. The first-order valence-corrected chi connectivity index (χ1v) is 5.94. The molecule has 0 saturated carbocycles. The summed E-state index contributed by atoms with van der Waals surface area (Å²) in [5.74, 6) is -0.310. The van der Waals surface area contributed by atoms with E-state index in [2.05, 4.69) is 6.07 Å². The normalized spacial score (nSPS) is 13.5. The van der Waals surface area contributed by atoms with E-state index < -0.39 is 11.4 Å². The summed E-state index contributed by atoms with van der Waals surface area (Å²) in [6.45, 7) is 1.96. The Morgan fingerprint density at radius 2 is 2.12 bits per heavy atom. The van der Waals surface area contributed by atoms with E-state index >= 15 is 0 Å². The standard InChI is InChI=1S/C13H14ClNO2/c1-2-17-12(16)13(10-15,8-9-14)11-6-4-3-5-7-11/h3-7H,2,8-9H2,1H3/t13-/m0/s1. The maximum atomic E-state index is 12.0. The van der Waals surface area contributed by atoms with Crippen molar-refractivity contribution in [2.45, 2.75) is 18.8 Å². The van der Waals surface area contributed by atoms with Crippen molar-refractivity contribution >= 4 is 17.6 Å². The van der Waals surface area contributed by atoms with Crippen LogP contribution in [0.15, 0.2) is 30.3 Å². The van der Waals surface area contributed by atoms with Gasteiger partial charge in [0.2, 0.25) is 0 Å². The van der Waals surface area contributed by atoms with Crippen molar-refractivity contribution in [3.63, 3.8) is 0 Å². The lowest BCUT2D eigenvalue weighted by Crippen LogP contribution is -2.36. The summed E-state index contributed by atoms with van der Waals surface area (Å²) in [6.07, 6.45) is 0.244. The van der Waals surface area contributed by atoms with Gasteiger partial charge in [0.1, 0.15) is 0 Å². The summed E-state index contributed by atoms with van der Waals surface area (Å²) < 4.78 is 4.99. The summed E-state index contributed by atoms with van der Waals surface area (Å²) >= 11 is 5.70. The van der Waals surface area contributed by atoms with E-state index in [-0.39, 0.29) is 18.9 Å². The van der Waals surface area contributed by atoms with Crippen LogP contribution in [0.25, 0.3) is 0 Å². The molecule has 0 spiro atoms. The number of ether oxygens (including phenoxy) is 1. The zero-order valence-corrected chi connectivity index (χ0v) is 10.4. The zero-order valence-electron chi connectivity index (χ0n) is 9.65. The smallest absolute Gasteiger partial charge is 0.331 e. The topological polar surface area (TPSA) is 50.1 Å². The second kappa shape index (κ2) is 6.27. The molecule has 4 heteroatoms. The third-order valence-corrected chi connectivity index (χ3v) is 2.74. The van der Waals surface area contributed by atoms with Crippen molar-refractivity contribution in [3.05, 3.63) is 35.9 Å². The molecule has 1 aromatic rings. The number of carbonyl (C=O) groups excluding carboxylic acids is 1. The molecule has 0 unspecified atom stereocenters. The van der Waals surface area contributed by atoms with Crippen molar-refractivity contribution in [3.8, 4) is 6.07 Å². The number of esters is 1. The van der Waals surface area contributed by atoms with Gasteiger partial charge in [-0.05, 0) is 18.9 Å². The fraction of sp³-hybridized carbons (Fsp3) is 0.385. The van der Waals surface area contributed by atoms with E-state index in [0.29, 0.717) is 5.56 Å². The molecule has 1 aromatic carbocycles. The molecule has 1 rings (SSSR count). The molecule has 0 N–H and O–H groups in total. The molecular weight excluding hydrogens is 238 g/mol. The first kappa shape index (κ1) is 13.5.